The third-order valence-electron chi connectivity index (χ3n) is 2.05. The van der Waals surface area contributed by atoms with Crippen LogP contribution in [0.3, 0.4) is 0 Å². The van der Waals surface area contributed by atoms with Crippen LogP contribution in [0.1, 0.15) is 13.3 Å². The highest BCUT2D eigenvalue weighted by Gasteiger charge is 2.24. The monoisotopic (exact) mass is 303 g/mol. The van der Waals surface area contributed by atoms with Crippen molar-refractivity contribution in [3.8, 4) is 5.75 Å². The third kappa shape index (κ3) is 3.16. The Labute approximate surface area is 105 Å². The molecule has 1 rings (SSSR count). The summed E-state index contributed by atoms with van der Waals surface area (Å²) in [4.78, 5) is 21.0. The molecule has 0 amide bonds. The van der Waals surface area contributed by atoms with Gasteiger partial charge < -0.3 is 9.84 Å². The lowest BCUT2D eigenvalue weighted by Gasteiger charge is -2.14. The number of para-hydroxylation sites is 1. The summed E-state index contributed by atoms with van der Waals surface area (Å²) >= 11 is 3.10. The first-order valence-corrected chi connectivity index (χ1v) is 5.59. The summed E-state index contributed by atoms with van der Waals surface area (Å²) in [5.74, 6) is -1.22. The number of hydrogen-bond acceptors (Lipinski definition) is 4. The van der Waals surface area contributed by atoms with Gasteiger partial charge in [-0.05, 0) is 28.4 Å². The molecular formula is C10H10BrNO5. The fourth-order valence-corrected chi connectivity index (χ4v) is 1.66. The molecule has 0 bridgehead atoms. The molecule has 0 heterocycles. The third-order valence-corrected chi connectivity index (χ3v) is 2.67. The average Bonchev–Trinajstić information content (AvgIpc) is 2.26. The second-order valence-electron chi connectivity index (χ2n) is 3.20. The van der Waals surface area contributed by atoms with Gasteiger partial charge in [-0.15, -0.1) is 0 Å². The van der Waals surface area contributed by atoms with Gasteiger partial charge in [-0.3, -0.25) is 10.1 Å². The van der Waals surface area contributed by atoms with Gasteiger partial charge in [0.15, 0.2) is 6.10 Å². The molecule has 0 aliphatic carbocycles. The minimum absolute atomic E-state index is 0.0632. The molecule has 0 aromatic heterocycles. The minimum Gasteiger partial charge on any atom is -0.479 e. The van der Waals surface area contributed by atoms with Crippen LogP contribution in [0, 0.1) is 10.1 Å². The smallest absolute Gasteiger partial charge is 0.344 e. The summed E-state index contributed by atoms with van der Waals surface area (Å²) in [7, 11) is 0. The Kier molecular flexibility index (Phi) is 4.45. The number of carbonyl (C=O) groups is 1. The van der Waals surface area contributed by atoms with Gasteiger partial charge >= 0.3 is 11.7 Å². The fraction of sp³-hybridized carbons (Fsp3) is 0.300. The fourth-order valence-electron chi connectivity index (χ4n) is 1.21. The summed E-state index contributed by atoms with van der Waals surface area (Å²) in [5, 5.41) is 19.6. The maximum Gasteiger partial charge on any atom is 0.344 e. The second-order valence-corrected chi connectivity index (χ2v) is 4.05. The molecular weight excluding hydrogens is 294 g/mol. The lowest BCUT2D eigenvalue weighted by Crippen LogP contribution is -2.26. The minimum atomic E-state index is -1.16. The molecule has 0 radical (unpaired) electrons. The Morgan fingerprint density at radius 1 is 1.65 bits per heavy atom. The first-order chi connectivity index (χ1) is 7.97. The number of nitrogens with zero attached hydrogens (tertiary/aromatic N) is 1. The summed E-state index contributed by atoms with van der Waals surface area (Å²) < 4.78 is 5.51. The number of benzene rings is 1. The van der Waals surface area contributed by atoms with Crippen molar-refractivity contribution >= 4 is 27.6 Å². The van der Waals surface area contributed by atoms with Crippen molar-refractivity contribution < 1.29 is 19.6 Å². The number of carboxylic acid groups (broad SMARTS) is 1. The first kappa shape index (κ1) is 13.4. The number of rotatable bonds is 5. The number of ether oxygens (including phenoxy) is 1. The van der Waals surface area contributed by atoms with Gasteiger partial charge in [-0.1, -0.05) is 13.0 Å². The normalized spacial score (nSPS) is 11.9. The van der Waals surface area contributed by atoms with Crippen LogP contribution in [0.4, 0.5) is 5.69 Å². The zero-order valence-corrected chi connectivity index (χ0v) is 10.5. The van der Waals surface area contributed by atoms with E-state index in [0.29, 0.717) is 4.47 Å². The van der Waals surface area contributed by atoms with Crippen LogP contribution in [-0.2, 0) is 4.79 Å². The number of halogens is 1. The SMILES string of the molecule is CCC(Oc1c(Br)cccc1[N+](=O)[O-])C(=O)O. The van der Waals surface area contributed by atoms with E-state index in [1.54, 1.807) is 13.0 Å². The van der Waals surface area contributed by atoms with E-state index in [-0.39, 0.29) is 17.9 Å². The van der Waals surface area contributed by atoms with E-state index in [4.69, 9.17) is 9.84 Å². The van der Waals surface area contributed by atoms with Gasteiger partial charge in [0.05, 0.1) is 9.40 Å². The van der Waals surface area contributed by atoms with Gasteiger partial charge in [0, 0.05) is 6.07 Å². The molecule has 1 aromatic rings. The van der Waals surface area contributed by atoms with E-state index in [9.17, 15) is 14.9 Å². The molecule has 0 aliphatic rings. The van der Waals surface area contributed by atoms with Gasteiger partial charge in [0.25, 0.3) is 0 Å². The largest absolute Gasteiger partial charge is 0.479 e. The van der Waals surface area contributed by atoms with Crippen LogP contribution in [0.5, 0.6) is 5.75 Å². The molecule has 6 nitrogen and oxygen atoms in total. The topological polar surface area (TPSA) is 89.7 Å². The van der Waals surface area contributed by atoms with Crippen molar-refractivity contribution in [2.24, 2.45) is 0 Å². The Hall–Kier alpha value is -1.63. The molecule has 0 spiro atoms. The maximum atomic E-state index is 10.8. The first-order valence-electron chi connectivity index (χ1n) is 4.79. The van der Waals surface area contributed by atoms with Gasteiger partial charge in [0.2, 0.25) is 5.75 Å². The maximum absolute atomic E-state index is 10.8. The van der Waals surface area contributed by atoms with Gasteiger partial charge in [0.1, 0.15) is 0 Å². The van der Waals surface area contributed by atoms with Crippen molar-refractivity contribution in [1.29, 1.82) is 0 Å². The van der Waals surface area contributed by atoms with Gasteiger partial charge in [-0.2, -0.15) is 0 Å². The highest BCUT2D eigenvalue weighted by Crippen LogP contribution is 2.35. The van der Waals surface area contributed by atoms with Crippen molar-refractivity contribution in [2.45, 2.75) is 19.4 Å². The van der Waals surface area contributed by atoms with E-state index >= 15 is 0 Å². The molecule has 0 saturated heterocycles. The molecule has 1 aromatic carbocycles. The highest BCUT2D eigenvalue weighted by molar-refractivity contribution is 9.10. The van der Waals surface area contributed by atoms with E-state index in [0.717, 1.165) is 0 Å². The van der Waals surface area contributed by atoms with Crippen molar-refractivity contribution in [3.05, 3.63) is 32.8 Å². The number of nitro benzene ring substituents is 1. The van der Waals surface area contributed by atoms with Crippen LogP contribution in [0.25, 0.3) is 0 Å². The summed E-state index contributed by atoms with van der Waals surface area (Å²) in [6.45, 7) is 1.63. The van der Waals surface area contributed by atoms with Crippen LogP contribution >= 0.6 is 15.9 Å². The molecule has 1 N–H and O–H groups in total. The Balaban J connectivity index is 3.12. The summed E-state index contributed by atoms with van der Waals surface area (Å²) in [5.41, 5.74) is -0.265. The molecule has 0 saturated carbocycles. The van der Waals surface area contributed by atoms with Crippen molar-refractivity contribution in [3.63, 3.8) is 0 Å². The molecule has 17 heavy (non-hydrogen) atoms. The quantitative estimate of drug-likeness (QED) is 0.667. The predicted molar refractivity (Wildman–Crippen MR) is 63.1 cm³/mol. The molecule has 0 fully saturated rings. The standard InChI is InChI=1S/C10H10BrNO5/c1-2-8(10(13)14)17-9-6(11)4-3-5-7(9)12(15)16/h3-5,8H,2H2,1H3,(H,13,14). The molecule has 92 valence electrons. The number of nitro groups is 1. The molecule has 7 heteroatoms. The predicted octanol–water partition coefficient (Wildman–Crippen LogP) is 2.60. The van der Waals surface area contributed by atoms with Crippen LogP contribution in [-0.4, -0.2) is 22.1 Å². The lowest BCUT2D eigenvalue weighted by molar-refractivity contribution is -0.386. The number of carboxylic acids is 1. The van der Waals surface area contributed by atoms with E-state index in [2.05, 4.69) is 15.9 Å². The van der Waals surface area contributed by atoms with Crippen LogP contribution < -0.4 is 4.74 Å². The van der Waals surface area contributed by atoms with Crippen LogP contribution in [0.2, 0.25) is 0 Å². The number of hydrogen-bond donors (Lipinski definition) is 1. The van der Waals surface area contributed by atoms with Crippen molar-refractivity contribution in [1.82, 2.24) is 0 Å². The average molecular weight is 304 g/mol. The number of aliphatic carboxylic acids is 1. The molecule has 1 unspecified atom stereocenters. The lowest BCUT2D eigenvalue weighted by atomic mass is 10.2. The summed E-state index contributed by atoms with van der Waals surface area (Å²) in [6, 6.07) is 4.29. The zero-order valence-electron chi connectivity index (χ0n) is 8.92. The van der Waals surface area contributed by atoms with Crippen LogP contribution in [0.15, 0.2) is 22.7 Å². The Morgan fingerprint density at radius 2 is 2.29 bits per heavy atom. The Bertz CT molecular complexity index is 448. The summed E-state index contributed by atoms with van der Waals surface area (Å²) in [6.07, 6.45) is -0.888. The molecule has 1 atom stereocenters. The molecule has 0 aliphatic heterocycles. The Morgan fingerprint density at radius 3 is 2.76 bits per heavy atom. The van der Waals surface area contributed by atoms with E-state index in [1.807, 2.05) is 0 Å². The van der Waals surface area contributed by atoms with E-state index < -0.39 is 17.0 Å². The second kappa shape index (κ2) is 5.62. The van der Waals surface area contributed by atoms with Gasteiger partial charge in [-0.25, -0.2) is 4.79 Å². The van der Waals surface area contributed by atoms with Crippen molar-refractivity contribution in [2.75, 3.05) is 0 Å². The van der Waals surface area contributed by atoms with E-state index in [1.165, 1.54) is 12.1 Å². The zero-order chi connectivity index (χ0) is 13.0. The highest BCUT2D eigenvalue weighted by atomic mass is 79.9.